The van der Waals surface area contributed by atoms with Gasteiger partial charge in [0.2, 0.25) is 10.0 Å². The number of hydrogen-bond donors (Lipinski definition) is 1. The monoisotopic (exact) mass is 581 g/mol. The fraction of sp³-hybridized carbons (Fsp3) is 0.333. The van der Waals surface area contributed by atoms with E-state index in [9.17, 15) is 18.0 Å². The highest BCUT2D eigenvalue weighted by atomic mass is 32.2. The number of carbonyl (C=O) groups excluding carboxylic acids is 2. The molecule has 1 atom stereocenters. The third kappa shape index (κ3) is 8.06. The molecule has 1 saturated heterocycles. The fourth-order valence-corrected chi connectivity index (χ4v) is 5.98. The average molecular weight is 582 g/mol. The highest BCUT2D eigenvalue weighted by Crippen LogP contribution is 2.26. The lowest BCUT2D eigenvalue weighted by Gasteiger charge is -2.33. The van der Waals surface area contributed by atoms with Crippen molar-refractivity contribution in [3.05, 3.63) is 95.6 Å². The first kappa shape index (κ1) is 30.0. The molecule has 1 N–H and O–H groups in total. The topological polar surface area (TPSA) is 114 Å². The Balaban J connectivity index is 1.37. The van der Waals surface area contributed by atoms with E-state index in [2.05, 4.69) is 5.32 Å². The molecule has 1 aliphatic rings. The number of sulfonamides is 1. The molecule has 1 heterocycles. The summed E-state index contributed by atoms with van der Waals surface area (Å²) in [6.07, 6.45) is -0.543. The SMILES string of the molecule is CCOC(=O)CN1CCN(S(=O)(=O)c2ccc(COc3cccc([C@@H](NC(=O)OC)c4ccccc4)c3)cc2)CC1. The van der Waals surface area contributed by atoms with Crippen molar-refractivity contribution >= 4 is 22.1 Å². The number of alkyl carbamates (subject to hydrolysis) is 1. The number of amides is 1. The molecule has 1 aliphatic heterocycles. The summed E-state index contributed by atoms with van der Waals surface area (Å²) >= 11 is 0. The molecule has 0 bridgehead atoms. The number of ether oxygens (including phenoxy) is 3. The molecule has 0 saturated carbocycles. The molecular weight excluding hydrogens is 546 g/mol. The first-order valence-corrected chi connectivity index (χ1v) is 14.8. The van der Waals surface area contributed by atoms with Crippen LogP contribution in [0.3, 0.4) is 0 Å². The quantitative estimate of drug-likeness (QED) is 0.342. The van der Waals surface area contributed by atoms with Gasteiger partial charge in [0.25, 0.3) is 0 Å². The Hall–Kier alpha value is -3.93. The second-order valence-corrected chi connectivity index (χ2v) is 11.4. The molecule has 1 amide bonds. The van der Waals surface area contributed by atoms with Crippen LogP contribution < -0.4 is 10.1 Å². The van der Waals surface area contributed by atoms with Crippen molar-refractivity contribution in [1.82, 2.24) is 14.5 Å². The predicted octanol–water partition coefficient (Wildman–Crippen LogP) is 3.58. The first-order valence-electron chi connectivity index (χ1n) is 13.4. The average Bonchev–Trinajstić information content (AvgIpc) is 3.00. The second kappa shape index (κ2) is 14.1. The molecule has 3 aromatic rings. The van der Waals surface area contributed by atoms with Gasteiger partial charge >= 0.3 is 12.1 Å². The summed E-state index contributed by atoms with van der Waals surface area (Å²) in [6.45, 7) is 4.00. The van der Waals surface area contributed by atoms with Crippen molar-refractivity contribution in [2.24, 2.45) is 0 Å². The van der Waals surface area contributed by atoms with Crippen LogP contribution in [0.15, 0.2) is 83.8 Å². The number of rotatable bonds is 11. The normalized spacial score (nSPS) is 15.1. The number of methoxy groups -OCH3 is 1. The Bertz CT molecular complexity index is 1410. The number of carbonyl (C=O) groups is 2. The van der Waals surface area contributed by atoms with Gasteiger partial charge in [0.15, 0.2) is 0 Å². The highest BCUT2D eigenvalue weighted by Gasteiger charge is 2.29. The summed E-state index contributed by atoms with van der Waals surface area (Å²) in [5, 5.41) is 2.86. The Morgan fingerprint density at radius 3 is 2.24 bits per heavy atom. The third-order valence-corrected chi connectivity index (χ3v) is 8.64. The molecule has 10 nitrogen and oxygen atoms in total. The fourth-order valence-electron chi connectivity index (χ4n) is 4.56. The maximum Gasteiger partial charge on any atom is 0.407 e. The van der Waals surface area contributed by atoms with Gasteiger partial charge in [-0.2, -0.15) is 4.31 Å². The van der Waals surface area contributed by atoms with Gasteiger partial charge in [-0.15, -0.1) is 0 Å². The molecule has 0 aromatic heterocycles. The first-order chi connectivity index (χ1) is 19.8. The maximum absolute atomic E-state index is 13.2. The highest BCUT2D eigenvalue weighted by molar-refractivity contribution is 7.89. The van der Waals surface area contributed by atoms with Crippen LogP contribution in [-0.4, -0.2) is 76.1 Å². The van der Waals surface area contributed by atoms with Gasteiger partial charge in [-0.25, -0.2) is 13.2 Å². The Morgan fingerprint density at radius 1 is 0.902 bits per heavy atom. The molecule has 218 valence electrons. The number of benzene rings is 3. The van der Waals surface area contributed by atoms with Crippen molar-refractivity contribution in [3.63, 3.8) is 0 Å². The minimum atomic E-state index is -3.66. The Kier molecular flexibility index (Phi) is 10.3. The van der Waals surface area contributed by atoms with Crippen molar-refractivity contribution in [3.8, 4) is 5.75 Å². The zero-order valence-corrected chi connectivity index (χ0v) is 24.0. The van der Waals surface area contributed by atoms with E-state index in [1.807, 2.05) is 59.5 Å². The smallest absolute Gasteiger partial charge is 0.407 e. The largest absolute Gasteiger partial charge is 0.489 e. The Labute approximate surface area is 240 Å². The summed E-state index contributed by atoms with van der Waals surface area (Å²) in [5.41, 5.74) is 2.52. The van der Waals surface area contributed by atoms with E-state index < -0.39 is 22.2 Å². The third-order valence-electron chi connectivity index (χ3n) is 6.73. The summed E-state index contributed by atoms with van der Waals surface area (Å²) in [7, 11) is -2.34. The van der Waals surface area contributed by atoms with Crippen molar-refractivity contribution in [2.45, 2.75) is 24.5 Å². The number of esters is 1. The predicted molar refractivity (Wildman–Crippen MR) is 153 cm³/mol. The van der Waals surface area contributed by atoms with E-state index in [4.69, 9.17) is 14.2 Å². The van der Waals surface area contributed by atoms with Crippen LogP contribution in [0.2, 0.25) is 0 Å². The summed E-state index contributed by atoms with van der Waals surface area (Å²) in [6, 6.07) is 23.2. The van der Waals surface area contributed by atoms with Crippen LogP contribution in [0.5, 0.6) is 5.75 Å². The lowest BCUT2D eigenvalue weighted by Crippen LogP contribution is -2.49. The molecule has 41 heavy (non-hydrogen) atoms. The molecule has 3 aromatic carbocycles. The number of piperazine rings is 1. The summed E-state index contributed by atoms with van der Waals surface area (Å²) in [4.78, 5) is 25.8. The van der Waals surface area contributed by atoms with E-state index in [1.54, 1.807) is 31.2 Å². The van der Waals surface area contributed by atoms with Crippen LogP contribution >= 0.6 is 0 Å². The van der Waals surface area contributed by atoms with Gasteiger partial charge in [0.05, 0.1) is 31.2 Å². The molecule has 11 heteroatoms. The van der Waals surface area contributed by atoms with Crippen LogP contribution in [0.25, 0.3) is 0 Å². The molecule has 0 spiro atoms. The van der Waals surface area contributed by atoms with Gasteiger partial charge < -0.3 is 19.5 Å². The van der Waals surface area contributed by atoms with Crippen LogP contribution in [0.1, 0.15) is 29.7 Å². The van der Waals surface area contributed by atoms with Crippen molar-refractivity contribution in [1.29, 1.82) is 0 Å². The maximum atomic E-state index is 13.2. The molecule has 1 fully saturated rings. The molecular formula is C30H35N3O7S. The van der Waals surface area contributed by atoms with E-state index in [0.29, 0.717) is 38.5 Å². The molecule has 0 unspecified atom stereocenters. The van der Waals surface area contributed by atoms with Crippen molar-refractivity contribution < 1.29 is 32.2 Å². The van der Waals surface area contributed by atoms with E-state index in [-0.39, 0.29) is 24.0 Å². The van der Waals surface area contributed by atoms with E-state index in [1.165, 1.54) is 11.4 Å². The van der Waals surface area contributed by atoms with Gasteiger partial charge in [-0.3, -0.25) is 9.69 Å². The number of nitrogens with one attached hydrogen (secondary N) is 1. The number of nitrogens with zero attached hydrogens (tertiary/aromatic N) is 2. The minimum absolute atomic E-state index is 0.161. The molecule has 0 aliphatic carbocycles. The zero-order chi connectivity index (χ0) is 29.2. The zero-order valence-electron chi connectivity index (χ0n) is 23.2. The second-order valence-electron chi connectivity index (χ2n) is 9.47. The molecule has 0 radical (unpaired) electrons. The summed E-state index contributed by atoms with van der Waals surface area (Å²) in [5.74, 6) is 0.301. The van der Waals surface area contributed by atoms with Gasteiger partial charge in [0.1, 0.15) is 12.4 Å². The van der Waals surface area contributed by atoms with E-state index >= 15 is 0 Å². The van der Waals surface area contributed by atoms with Gasteiger partial charge in [-0.1, -0.05) is 54.6 Å². The standard InChI is InChI=1S/C30H35N3O7S/c1-3-39-28(34)21-32-16-18-33(19-17-32)41(36,37)27-14-12-23(13-15-27)22-40-26-11-7-10-25(20-26)29(31-30(35)38-2)24-8-5-4-6-9-24/h4-15,20,29H,3,16-19,21-22H2,1-2H3,(H,31,35)/t29-/m0/s1. The minimum Gasteiger partial charge on any atom is -0.489 e. The van der Waals surface area contributed by atoms with Crippen molar-refractivity contribution in [2.75, 3.05) is 46.4 Å². The van der Waals surface area contributed by atoms with Crippen LogP contribution in [0, 0.1) is 0 Å². The molecule has 4 rings (SSSR count). The lowest BCUT2D eigenvalue weighted by molar-refractivity contribution is -0.144. The lowest BCUT2D eigenvalue weighted by atomic mass is 9.98. The van der Waals surface area contributed by atoms with Gasteiger partial charge in [-0.05, 0) is 47.9 Å². The van der Waals surface area contributed by atoms with Gasteiger partial charge in [0, 0.05) is 26.2 Å². The van der Waals surface area contributed by atoms with Crippen LogP contribution in [-0.2, 0) is 30.9 Å². The Morgan fingerprint density at radius 2 is 1.59 bits per heavy atom. The van der Waals surface area contributed by atoms with E-state index in [0.717, 1.165) is 16.7 Å². The number of hydrogen-bond acceptors (Lipinski definition) is 8. The van der Waals surface area contributed by atoms with Crippen LogP contribution in [0.4, 0.5) is 4.79 Å². The summed E-state index contributed by atoms with van der Waals surface area (Å²) < 4.78 is 43.6.